The van der Waals surface area contributed by atoms with Gasteiger partial charge in [0, 0.05) is 37.9 Å². The minimum Gasteiger partial charge on any atom is -0.396 e. The van der Waals surface area contributed by atoms with Gasteiger partial charge in [-0.3, -0.25) is 4.99 Å². The average molecular weight is 379 g/mol. The van der Waals surface area contributed by atoms with Gasteiger partial charge in [0.25, 0.3) is 0 Å². The van der Waals surface area contributed by atoms with Crippen molar-refractivity contribution >= 4 is 17.4 Å². The van der Waals surface area contributed by atoms with Crippen LogP contribution in [0.3, 0.4) is 0 Å². The molecule has 3 heterocycles. The van der Waals surface area contributed by atoms with Crippen molar-refractivity contribution in [2.45, 2.75) is 32.7 Å². The van der Waals surface area contributed by atoms with E-state index >= 15 is 0 Å². The normalized spacial score (nSPS) is 16.2. The van der Waals surface area contributed by atoms with Crippen LogP contribution < -0.4 is 5.32 Å². The molecule has 0 aliphatic carbocycles. The fourth-order valence-corrected chi connectivity index (χ4v) is 3.58. The van der Waals surface area contributed by atoms with E-state index in [-0.39, 0.29) is 18.6 Å². The summed E-state index contributed by atoms with van der Waals surface area (Å²) in [5.74, 6) is 0.845. The molecule has 2 aliphatic heterocycles. The zero-order valence-corrected chi connectivity index (χ0v) is 16.1. The number of amides is 2. The fraction of sp³-hybridized carbons (Fsp3) is 0.429. The predicted octanol–water partition coefficient (Wildman–Crippen LogP) is 2.04. The second-order valence-electron chi connectivity index (χ2n) is 7.56. The number of carbonyl (C=O) groups is 1. The van der Waals surface area contributed by atoms with E-state index in [9.17, 15) is 9.90 Å². The Morgan fingerprint density at radius 3 is 3.00 bits per heavy atom. The van der Waals surface area contributed by atoms with Crippen LogP contribution in [0.4, 0.5) is 10.5 Å². The van der Waals surface area contributed by atoms with Crippen LogP contribution >= 0.6 is 0 Å². The number of nitrogens with one attached hydrogen (secondary N) is 1. The first-order valence-electron chi connectivity index (χ1n) is 9.74. The molecule has 1 aromatic carbocycles. The van der Waals surface area contributed by atoms with Crippen LogP contribution in [0.25, 0.3) is 0 Å². The van der Waals surface area contributed by atoms with Crippen LogP contribution in [0.15, 0.2) is 35.5 Å². The Morgan fingerprint density at radius 2 is 2.18 bits per heavy atom. The summed E-state index contributed by atoms with van der Waals surface area (Å²) in [6, 6.07) is 7.98. The van der Waals surface area contributed by atoms with E-state index < -0.39 is 0 Å². The molecule has 0 unspecified atom stereocenters. The van der Waals surface area contributed by atoms with Gasteiger partial charge in [-0.2, -0.15) is 0 Å². The second-order valence-corrected chi connectivity index (χ2v) is 7.56. The first-order valence-corrected chi connectivity index (χ1v) is 9.74. The van der Waals surface area contributed by atoms with E-state index in [1.165, 1.54) is 5.56 Å². The number of fused-ring (bicyclic) bond motifs is 2. The van der Waals surface area contributed by atoms with Gasteiger partial charge in [-0.05, 0) is 29.5 Å². The van der Waals surface area contributed by atoms with Gasteiger partial charge >= 0.3 is 6.03 Å². The first kappa shape index (κ1) is 18.6. The minimum atomic E-state index is -0.0896. The lowest BCUT2D eigenvalue weighted by molar-refractivity contribution is 0.192. The molecule has 0 saturated carbocycles. The maximum Gasteiger partial charge on any atom is 0.318 e. The Kier molecular flexibility index (Phi) is 5.34. The number of aliphatic imine (C=N–C) groups is 1. The summed E-state index contributed by atoms with van der Waals surface area (Å²) in [4.78, 5) is 28.0. The van der Waals surface area contributed by atoms with E-state index in [4.69, 9.17) is 0 Å². The number of benzene rings is 1. The smallest absolute Gasteiger partial charge is 0.318 e. The van der Waals surface area contributed by atoms with Crippen molar-refractivity contribution in [2.24, 2.45) is 10.9 Å². The number of aliphatic hydroxyl groups is 1. The van der Waals surface area contributed by atoms with E-state index in [0.717, 1.165) is 41.3 Å². The summed E-state index contributed by atoms with van der Waals surface area (Å²) in [5.41, 5.74) is 5.19. The molecule has 146 valence electrons. The maximum absolute atomic E-state index is 12.6. The van der Waals surface area contributed by atoms with Gasteiger partial charge in [0.05, 0.1) is 24.5 Å². The standard InChI is InChI=1S/C21H25N5O2/c1-14(13-27)8-20-22-10-16-6-7-26(12-19(16)25-20)21(28)23-11-17-9-15-4-2-3-5-18(15)24-17/h2-5,10,14,27H,6-9,11-13H2,1H3,(H,23,28)/t14-/m1/s1. The molecule has 1 atom stereocenters. The fourth-order valence-electron chi connectivity index (χ4n) is 3.58. The van der Waals surface area contributed by atoms with E-state index in [1.54, 1.807) is 4.90 Å². The Labute approximate surface area is 164 Å². The summed E-state index contributed by atoms with van der Waals surface area (Å²) >= 11 is 0. The number of hydrogen-bond donors (Lipinski definition) is 2. The summed E-state index contributed by atoms with van der Waals surface area (Å²) < 4.78 is 0. The number of nitrogens with zero attached hydrogens (tertiary/aromatic N) is 4. The number of aromatic nitrogens is 2. The molecule has 0 radical (unpaired) electrons. The lowest BCUT2D eigenvalue weighted by Gasteiger charge is -2.28. The molecule has 7 nitrogen and oxygen atoms in total. The number of carbonyl (C=O) groups excluding carboxylic acids is 1. The van der Waals surface area contributed by atoms with Crippen LogP contribution in [0.2, 0.25) is 0 Å². The summed E-state index contributed by atoms with van der Waals surface area (Å²) in [6.45, 7) is 3.67. The number of hydrogen-bond acceptors (Lipinski definition) is 5. The third-order valence-electron chi connectivity index (χ3n) is 5.23. The molecule has 1 aromatic heterocycles. The lowest BCUT2D eigenvalue weighted by Crippen LogP contribution is -2.44. The highest BCUT2D eigenvalue weighted by molar-refractivity contribution is 5.97. The van der Waals surface area contributed by atoms with Crippen molar-refractivity contribution in [1.82, 2.24) is 20.2 Å². The highest BCUT2D eigenvalue weighted by Crippen LogP contribution is 2.25. The van der Waals surface area contributed by atoms with Crippen LogP contribution in [-0.4, -0.2) is 51.4 Å². The molecule has 4 rings (SSSR count). The zero-order chi connectivity index (χ0) is 19.5. The van der Waals surface area contributed by atoms with E-state index in [1.807, 2.05) is 31.3 Å². The molecule has 0 spiro atoms. The Morgan fingerprint density at radius 1 is 1.32 bits per heavy atom. The van der Waals surface area contributed by atoms with Crippen LogP contribution in [0.5, 0.6) is 0 Å². The Hall–Kier alpha value is -2.80. The van der Waals surface area contributed by atoms with Gasteiger partial charge in [0.1, 0.15) is 5.82 Å². The number of aliphatic hydroxyl groups excluding tert-OH is 1. The highest BCUT2D eigenvalue weighted by atomic mass is 16.3. The molecular formula is C21H25N5O2. The molecule has 2 aliphatic rings. The molecule has 7 heteroatoms. The van der Waals surface area contributed by atoms with Crippen molar-refractivity contribution in [3.63, 3.8) is 0 Å². The van der Waals surface area contributed by atoms with Crippen LogP contribution in [-0.2, 0) is 25.8 Å². The second kappa shape index (κ2) is 8.06. The topological polar surface area (TPSA) is 90.7 Å². The molecule has 2 N–H and O–H groups in total. The van der Waals surface area contributed by atoms with Crippen molar-refractivity contribution < 1.29 is 9.90 Å². The molecule has 0 fully saturated rings. The quantitative estimate of drug-likeness (QED) is 0.832. The van der Waals surface area contributed by atoms with Gasteiger partial charge < -0.3 is 15.3 Å². The van der Waals surface area contributed by atoms with Gasteiger partial charge in [-0.1, -0.05) is 25.1 Å². The maximum atomic E-state index is 12.6. The zero-order valence-electron chi connectivity index (χ0n) is 16.1. The Bertz CT molecular complexity index is 911. The predicted molar refractivity (Wildman–Crippen MR) is 107 cm³/mol. The molecule has 0 bridgehead atoms. The lowest BCUT2D eigenvalue weighted by atomic mass is 10.1. The van der Waals surface area contributed by atoms with Crippen molar-refractivity contribution in [3.8, 4) is 0 Å². The van der Waals surface area contributed by atoms with Gasteiger partial charge in [-0.15, -0.1) is 0 Å². The number of para-hydroxylation sites is 1. The summed E-state index contributed by atoms with van der Waals surface area (Å²) in [6.07, 6.45) is 4.04. The number of urea groups is 1. The number of rotatable bonds is 5. The van der Waals surface area contributed by atoms with Crippen molar-refractivity contribution in [2.75, 3.05) is 19.7 Å². The summed E-state index contributed by atoms with van der Waals surface area (Å²) in [7, 11) is 0. The van der Waals surface area contributed by atoms with Crippen molar-refractivity contribution in [3.05, 3.63) is 53.1 Å². The minimum absolute atomic E-state index is 0.0896. The molecule has 2 aromatic rings. The van der Waals surface area contributed by atoms with Gasteiger partial charge in [0.15, 0.2) is 0 Å². The molecule has 28 heavy (non-hydrogen) atoms. The van der Waals surface area contributed by atoms with Crippen LogP contribution in [0, 0.1) is 5.92 Å². The largest absolute Gasteiger partial charge is 0.396 e. The third kappa shape index (κ3) is 4.04. The molecule has 0 saturated heterocycles. The highest BCUT2D eigenvalue weighted by Gasteiger charge is 2.23. The van der Waals surface area contributed by atoms with Gasteiger partial charge in [0.2, 0.25) is 0 Å². The first-order chi connectivity index (χ1) is 13.6. The summed E-state index contributed by atoms with van der Waals surface area (Å²) in [5, 5.41) is 12.2. The van der Waals surface area contributed by atoms with E-state index in [2.05, 4.69) is 26.3 Å². The Balaban J connectivity index is 1.35. The monoisotopic (exact) mass is 379 g/mol. The third-order valence-corrected chi connectivity index (χ3v) is 5.23. The SMILES string of the molecule is C[C@@H](CO)Cc1ncc2c(n1)CN(C(=O)NCC1=Nc3ccccc3C1)CC2. The van der Waals surface area contributed by atoms with Gasteiger partial charge in [-0.25, -0.2) is 14.8 Å². The van der Waals surface area contributed by atoms with E-state index in [0.29, 0.717) is 26.1 Å². The molecule has 2 amide bonds. The van der Waals surface area contributed by atoms with Crippen LogP contribution in [0.1, 0.15) is 29.6 Å². The average Bonchev–Trinajstić information content (AvgIpc) is 3.14. The van der Waals surface area contributed by atoms with Crippen molar-refractivity contribution in [1.29, 1.82) is 0 Å². The molecular weight excluding hydrogens is 354 g/mol.